The minimum Gasteiger partial charge on any atom is -0.329 e. The van der Waals surface area contributed by atoms with Gasteiger partial charge in [0.05, 0.1) is 12.1 Å². The predicted octanol–water partition coefficient (Wildman–Crippen LogP) is 5.38. The van der Waals surface area contributed by atoms with Gasteiger partial charge in [0, 0.05) is 22.5 Å². The lowest BCUT2D eigenvalue weighted by molar-refractivity contribution is -0.140. The number of amides is 3. The van der Waals surface area contributed by atoms with Crippen LogP contribution < -0.4 is 4.90 Å². The maximum Gasteiger partial charge on any atom is 0.257 e. The summed E-state index contributed by atoms with van der Waals surface area (Å²) in [5, 5.41) is 1.14. The van der Waals surface area contributed by atoms with Crippen molar-refractivity contribution in [3.05, 3.63) is 64.1 Å². The number of benzene rings is 2. The molecule has 174 valence electrons. The van der Waals surface area contributed by atoms with Crippen molar-refractivity contribution in [2.75, 3.05) is 11.4 Å². The van der Waals surface area contributed by atoms with E-state index in [4.69, 9.17) is 23.2 Å². The molecule has 2 aliphatic rings. The summed E-state index contributed by atoms with van der Waals surface area (Å²) in [6.07, 6.45) is 0.509. The molecule has 7 heteroatoms. The number of hydrogen-bond donors (Lipinski definition) is 0. The third-order valence-electron chi connectivity index (χ3n) is 7.67. The molecule has 4 rings (SSSR count). The van der Waals surface area contributed by atoms with E-state index in [-0.39, 0.29) is 40.9 Å². The highest BCUT2D eigenvalue weighted by atomic mass is 35.5. The Morgan fingerprint density at radius 2 is 1.64 bits per heavy atom. The zero-order valence-electron chi connectivity index (χ0n) is 19.3. The fraction of sp³-hybridized carbons (Fsp3) is 0.423. The molecule has 1 saturated heterocycles. The van der Waals surface area contributed by atoms with Gasteiger partial charge in [-0.25, -0.2) is 4.90 Å². The van der Waals surface area contributed by atoms with E-state index >= 15 is 0 Å². The van der Waals surface area contributed by atoms with Gasteiger partial charge in [-0.2, -0.15) is 0 Å². The maximum absolute atomic E-state index is 13.8. The van der Waals surface area contributed by atoms with Crippen LogP contribution in [-0.4, -0.2) is 35.2 Å². The lowest BCUT2D eigenvalue weighted by atomic mass is 10.0. The number of imide groups is 1. The first-order chi connectivity index (χ1) is 15.4. The van der Waals surface area contributed by atoms with Crippen LogP contribution in [0.1, 0.15) is 39.7 Å². The molecule has 1 heterocycles. The van der Waals surface area contributed by atoms with Crippen LogP contribution in [0, 0.1) is 16.7 Å². The molecule has 2 fully saturated rings. The number of nitrogens with zero attached hydrogens (tertiary/aromatic N) is 2. The molecule has 0 aromatic heterocycles. The molecule has 33 heavy (non-hydrogen) atoms. The summed E-state index contributed by atoms with van der Waals surface area (Å²) in [4.78, 5) is 42.9. The first-order valence-electron chi connectivity index (χ1n) is 11.1. The van der Waals surface area contributed by atoms with E-state index in [1.807, 2.05) is 18.2 Å². The molecule has 1 aliphatic heterocycles. The Hall–Kier alpha value is -2.37. The topological polar surface area (TPSA) is 57.7 Å². The first kappa shape index (κ1) is 23.8. The Bertz CT molecular complexity index is 1100. The average Bonchev–Trinajstić information content (AvgIpc) is 2.97. The fourth-order valence-corrected chi connectivity index (χ4v) is 5.40. The summed E-state index contributed by atoms with van der Waals surface area (Å²) in [5.74, 6) is -0.979. The molecule has 1 unspecified atom stereocenters. The number of halogens is 2. The number of carbonyl (C=O) groups excluding carboxylic acids is 3. The van der Waals surface area contributed by atoms with E-state index in [9.17, 15) is 14.4 Å². The van der Waals surface area contributed by atoms with Crippen molar-refractivity contribution in [1.82, 2.24) is 4.90 Å². The second-order valence-electron chi connectivity index (χ2n) is 10.1. The van der Waals surface area contributed by atoms with Gasteiger partial charge in [0.1, 0.15) is 6.04 Å². The largest absolute Gasteiger partial charge is 0.329 e. The second kappa shape index (κ2) is 8.44. The van der Waals surface area contributed by atoms with Gasteiger partial charge in [-0.05, 0) is 59.2 Å². The standard InChI is InChI=1S/C26H28Cl2N2O3/c1-25(2)22(26(25,3)4)24(33)29(13-12-16-6-5-7-18(28)14-16)20-15-21(31)30(23(20)32)19-10-8-17(27)9-11-19/h5-11,14,20,22H,12-13,15H2,1-4H3. The van der Waals surface area contributed by atoms with E-state index in [0.717, 1.165) is 5.56 Å². The Kier molecular flexibility index (Phi) is 6.08. The normalized spacial score (nSPS) is 21.4. The van der Waals surface area contributed by atoms with Crippen molar-refractivity contribution >= 4 is 46.6 Å². The molecule has 1 saturated carbocycles. The zero-order valence-corrected chi connectivity index (χ0v) is 20.8. The lowest BCUT2D eigenvalue weighted by Gasteiger charge is -2.29. The number of hydrogen-bond acceptors (Lipinski definition) is 3. The molecule has 5 nitrogen and oxygen atoms in total. The Morgan fingerprint density at radius 1 is 1.00 bits per heavy atom. The smallest absolute Gasteiger partial charge is 0.257 e. The van der Waals surface area contributed by atoms with Crippen molar-refractivity contribution in [1.29, 1.82) is 0 Å². The van der Waals surface area contributed by atoms with Crippen LogP contribution in [0.15, 0.2) is 48.5 Å². The fourth-order valence-electron chi connectivity index (χ4n) is 5.06. The molecule has 0 bridgehead atoms. The van der Waals surface area contributed by atoms with Crippen LogP contribution in [0.2, 0.25) is 10.0 Å². The molecule has 0 radical (unpaired) electrons. The van der Waals surface area contributed by atoms with Crippen molar-refractivity contribution in [2.24, 2.45) is 16.7 Å². The Morgan fingerprint density at radius 3 is 2.21 bits per heavy atom. The van der Waals surface area contributed by atoms with E-state index in [0.29, 0.717) is 28.7 Å². The minimum atomic E-state index is -0.827. The molecule has 1 atom stereocenters. The molecule has 3 amide bonds. The highest BCUT2D eigenvalue weighted by Crippen LogP contribution is 2.69. The third kappa shape index (κ3) is 4.17. The summed E-state index contributed by atoms with van der Waals surface area (Å²) in [6, 6.07) is 13.2. The van der Waals surface area contributed by atoms with Crippen LogP contribution in [0.3, 0.4) is 0 Å². The molecule has 0 spiro atoms. The van der Waals surface area contributed by atoms with Gasteiger partial charge in [0.15, 0.2) is 0 Å². The lowest BCUT2D eigenvalue weighted by Crippen LogP contribution is -2.47. The summed E-state index contributed by atoms with van der Waals surface area (Å²) >= 11 is 12.1. The molecule has 0 N–H and O–H groups in total. The summed E-state index contributed by atoms with van der Waals surface area (Å²) in [5.41, 5.74) is 1.08. The second-order valence-corrected chi connectivity index (χ2v) is 10.9. The average molecular weight is 487 g/mol. The summed E-state index contributed by atoms with van der Waals surface area (Å²) in [6.45, 7) is 8.64. The van der Waals surface area contributed by atoms with E-state index < -0.39 is 6.04 Å². The van der Waals surface area contributed by atoms with Gasteiger partial charge < -0.3 is 4.90 Å². The van der Waals surface area contributed by atoms with E-state index in [1.165, 1.54) is 4.90 Å². The SMILES string of the molecule is CC1(C)C(C(=O)N(CCc2cccc(Cl)c2)C2CC(=O)N(c3ccc(Cl)cc3)C2=O)C1(C)C. The van der Waals surface area contributed by atoms with Crippen LogP contribution in [0.5, 0.6) is 0 Å². The van der Waals surface area contributed by atoms with Gasteiger partial charge in [0.25, 0.3) is 5.91 Å². The Balaban J connectivity index is 1.62. The highest BCUT2D eigenvalue weighted by molar-refractivity contribution is 6.31. The maximum atomic E-state index is 13.8. The third-order valence-corrected chi connectivity index (χ3v) is 8.15. The highest BCUT2D eigenvalue weighted by Gasteiger charge is 2.69. The zero-order chi connectivity index (χ0) is 24.1. The van der Waals surface area contributed by atoms with Gasteiger partial charge in [-0.3, -0.25) is 14.4 Å². The van der Waals surface area contributed by atoms with E-state index in [2.05, 4.69) is 27.7 Å². The quantitative estimate of drug-likeness (QED) is 0.515. The van der Waals surface area contributed by atoms with Crippen molar-refractivity contribution in [3.63, 3.8) is 0 Å². The minimum absolute atomic E-state index is 0.0314. The van der Waals surface area contributed by atoms with Crippen LogP contribution >= 0.6 is 23.2 Å². The molecule has 2 aromatic rings. The monoisotopic (exact) mass is 486 g/mol. The number of anilines is 1. The molecular formula is C26H28Cl2N2O3. The summed E-state index contributed by atoms with van der Waals surface area (Å²) < 4.78 is 0. The Labute approximate surface area is 204 Å². The number of carbonyl (C=O) groups is 3. The van der Waals surface area contributed by atoms with Gasteiger partial charge in [0.2, 0.25) is 11.8 Å². The van der Waals surface area contributed by atoms with Crippen LogP contribution in [-0.2, 0) is 20.8 Å². The van der Waals surface area contributed by atoms with Gasteiger partial charge >= 0.3 is 0 Å². The molecular weight excluding hydrogens is 459 g/mol. The molecule has 2 aromatic carbocycles. The van der Waals surface area contributed by atoms with Crippen molar-refractivity contribution in [2.45, 2.75) is 46.6 Å². The van der Waals surface area contributed by atoms with Crippen molar-refractivity contribution in [3.8, 4) is 0 Å². The molecule has 1 aliphatic carbocycles. The van der Waals surface area contributed by atoms with E-state index in [1.54, 1.807) is 35.2 Å². The number of rotatable bonds is 6. The van der Waals surface area contributed by atoms with Crippen LogP contribution in [0.25, 0.3) is 0 Å². The van der Waals surface area contributed by atoms with Crippen LogP contribution in [0.4, 0.5) is 5.69 Å². The van der Waals surface area contributed by atoms with Crippen molar-refractivity contribution < 1.29 is 14.4 Å². The van der Waals surface area contributed by atoms with Gasteiger partial charge in [-0.15, -0.1) is 0 Å². The summed E-state index contributed by atoms with van der Waals surface area (Å²) in [7, 11) is 0. The van der Waals surface area contributed by atoms with Gasteiger partial charge in [-0.1, -0.05) is 63.0 Å². The first-order valence-corrected chi connectivity index (χ1v) is 11.9. The predicted molar refractivity (Wildman–Crippen MR) is 130 cm³/mol.